The van der Waals surface area contributed by atoms with Gasteiger partial charge < -0.3 is 5.11 Å². The van der Waals surface area contributed by atoms with Gasteiger partial charge in [-0.05, 0) is 201 Å². The zero-order valence-corrected chi connectivity index (χ0v) is 44.7. The summed E-state index contributed by atoms with van der Waals surface area (Å²) in [6.45, 7) is 26.3. The average Bonchev–Trinajstić information content (AvgIpc) is 3.15. The molecule has 0 unspecified atom stereocenters. The van der Waals surface area contributed by atoms with Crippen molar-refractivity contribution < 1.29 is 5.11 Å². The van der Waals surface area contributed by atoms with Crippen LogP contribution >= 0.6 is 75.3 Å². The molecule has 0 aliphatic carbocycles. The first kappa shape index (κ1) is 46.5. The maximum absolute atomic E-state index is 12.5. The Balaban J connectivity index is 1.36. The first-order valence-electron chi connectivity index (χ1n) is 20.9. The molecular weight excluding hydrogens is 1040 g/mol. The summed E-state index contributed by atoms with van der Waals surface area (Å²) in [5.41, 5.74) is 21.4. The van der Waals surface area contributed by atoms with E-state index in [1.54, 1.807) is 0 Å². The second kappa shape index (κ2) is 17.5. The van der Waals surface area contributed by atoms with Gasteiger partial charge in [0.15, 0.2) is 0 Å². The van der Waals surface area contributed by atoms with E-state index in [0.717, 1.165) is 95.8 Å². The van der Waals surface area contributed by atoms with Gasteiger partial charge in [-0.2, -0.15) is 0 Å². The van der Waals surface area contributed by atoms with Gasteiger partial charge in [0.2, 0.25) is 0 Å². The third-order valence-electron chi connectivity index (χ3n) is 12.1. The minimum atomic E-state index is -0.0561. The molecule has 1 N–H and O–H groups in total. The van der Waals surface area contributed by atoms with Crippen LogP contribution < -0.4 is 0 Å². The highest BCUT2D eigenvalue weighted by atomic mass is 79.9. The van der Waals surface area contributed by atoms with Crippen LogP contribution in [-0.4, -0.2) is 5.11 Å². The zero-order valence-electron chi connectivity index (χ0n) is 37.6. The Morgan fingerprint density at radius 1 is 0.355 bits per heavy atom. The van der Waals surface area contributed by atoms with E-state index in [-0.39, 0.29) is 16.6 Å². The van der Waals surface area contributed by atoms with Gasteiger partial charge in [0.1, 0.15) is 5.75 Å². The van der Waals surface area contributed by atoms with Gasteiger partial charge in [0, 0.05) is 34.0 Å². The van der Waals surface area contributed by atoms with Crippen LogP contribution in [0.25, 0.3) is 66.8 Å². The summed E-state index contributed by atoms with van der Waals surface area (Å²) in [6, 6.07) is 35.6. The third kappa shape index (κ3) is 9.36. The number of aryl methyl sites for hydroxylation is 4. The van der Waals surface area contributed by atoms with E-state index in [9.17, 15) is 5.11 Å². The van der Waals surface area contributed by atoms with E-state index < -0.39 is 0 Å². The Labute approximate surface area is 407 Å². The van der Waals surface area contributed by atoms with Crippen LogP contribution in [0.5, 0.6) is 5.75 Å². The second-order valence-corrected chi connectivity index (χ2v) is 23.1. The van der Waals surface area contributed by atoms with Crippen LogP contribution in [0.15, 0.2) is 115 Å². The molecular formula is C56H53Br4ClO. The molecule has 0 amide bonds. The number of hydrogen-bond acceptors (Lipinski definition) is 1. The van der Waals surface area contributed by atoms with Crippen LogP contribution in [0.1, 0.15) is 86.1 Å². The van der Waals surface area contributed by atoms with Crippen molar-refractivity contribution in [3.05, 3.63) is 164 Å². The van der Waals surface area contributed by atoms with E-state index in [4.69, 9.17) is 11.6 Å². The fourth-order valence-electron chi connectivity index (χ4n) is 9.00. The Morgan fingerprint density at radius 2 is 0.613 bits per heavy atom. The van der Waals surface area contributed by atoms with Gasteiger partial charge in [-0.25, -0.2) is 0 Å². The summed E-state index contributed by atoms with van der Waals surface area (Å²) in [5, 5.41) is 13.2. The summed E-state index contributed by atoms with van der Waals surface area (Å²) >= 11 is 22.1. The van der Waals surface area contributed by atoms with E-state index in [1.807, 2.05) is 13.8 Å². The van der Waals surface area contributed by atoms with Crippen LogP contribution in [-0.2, 0) is 10.8 Å². The molecule has 318 valence electrons. The molecule has 7 aromatic carbocycles. The van der Waals surface area contributed by atoms with Crippen molar-refractivity contribution in [3.63, 3.8) is 0 Å². The molecule has 0 atom stereocenters. The normalized spacial score (nSPS) is 12.0. The van der Waals surface area contributed by atoms with Crippen molar-refractivity contribution in [1.82, 2.24) is 0 Å². The number of halogens is 5. The minimum Gasteiger partial charge on any atom is -0.507 e. The quantitative estimate of drug-likeness (QED) is 0.176. The molecule has 0 aliphatic rings. The van der Waals surface area contributed by atoms with Crippen LogP contribution in [0.3, 0.4) is 0 Å². The molecule has 1 nitrogen and oxygen atoms in total. The minimum absolute atomic E-state index is 0.0561. The molecule has 0 radical (unpaired) electrons. The third-order valence-corrected chi connectivity index (χ3v) is 14.5. The number of phenols is 1. The van der Waals surface area contributed by atoms with E-state index in [2.05, 4.69) is 230 Å². The predicted octanol–water partition coefficient (Wildman–Crippen LogP) is 19.5. The van der Waals surface area contributed by atoms with Crippen LogP contribution in [0.2, 0.25) is 5.02 Å². The fraction of sp³-hybridized carbons (Fsp3) is 0.250. The summed E-state index contributed by atoms with van der Waals surface area (Å²) in [6.07, 6.45) is 0. The SMILES string of the molecule is Cc1cc(-c2c(C)c(Cl)c(C)c(-c3cc(C)c(-c4cc(-c5cc(Br)cc(Br)c5)cc(C(C)(C)C)c4)c(C)c3)c2O)cc(C)c1-c1cc(-c2cc(Br)cc(Br)c2)cc(C(C)(C)C)c1. The van der Waals surface area contributed by atoms with Crippen molar-refractivity contribution >= 4 is 75.3 Å². The molecule has 7 rings (SSSR count). The maximum atomic E-state index is 12.5. The largest absolute Gasteiger partial charge is 0.507 e. The first-order chi connectivity index (χ1) is 28.9. The average molecular weight is 1100 g/mol. The Bertz CT molecular complexity index is 2660. The molecule has 6 heteroatoms. The molecule has 0 aromatic heterocycles. The van der Waals surface area contributed by atoms with E-state index in [0.29, 0.717) is 5.02 Å². The number of aromatic hydroxyl groups is 1. The second-order valence-electron chi connectivity index (χ2n) is 19.0. The molecule has 0 saturated carbocycles. The van der Waals surface area contributed by atoms with Crippen molar-refractivity contribution in [3.8, 4) is 72.5 Å². The van der Waals surface area contributed by atoms with Gasteiger partial charge >= 0.3 is 0 Å². The summed E-state index contributed by atoms with van der Waals surface area (Å²) in [4.78, 5) is 0. The molecule has 0 spiro atoms. The highest BCUT2D eigenvalue weighted by Crippen LogP contribution is 2.49. The van der Waals surface area contributed by atoms with Crippen molar-refractivity contribution in [1.29, 1.82) is 0 Å². The molecule has 62 heavy (non-hydrogen) atoms. The molecule has 0 bridgehead atoms. The lowest BCUT2D eigenvalue weighted by molar-refractivity contribution is 0.478. The Hall–Kier alpha value is -3.45. The molecule has 0 heterocycles. The topological polar surface area (TPSA) is 20.2 Å². The van der Waals surface area contributed by atoms with Gasteiger partial charge in [-0.15, -0.1) is 0 Å². The Kier molecular flexibility index (Phi) is 13.1. The van der Waals surface area contributed by atoms with Crippen LogP contribution in [0.4, 0.5) is 0 Å². The van der Waals surface area contributed by atoms with Crippen molar-refractivity contribution in [2.45, 2.75) is 93.9 Å². The van der Waals surface area contributed by atoms with Gasteiger partial charge in [0.05, 0.1) is 0 Å². The van der Waals surface area contributed by atoms with Crippen molar-refractivity contribution in [2.75, 3.05) is 0 Å². The maximum Gasteiger partial charge on any atom is 0.131 e. The lowest BCUT2D eigenvalue weighted by atomic mass is 9.81. The fourth-order valence-corrected chi connectivity index (χ4v) is 11.8. The standard InChI is InChI=1S/C56H53Br4ClO/c1-29-13-39(14-30(2)49(29)41-17-35(19-43(21-41)55(7,8)9)37-23-45(57)27-46(58)24-37)51-33(5)53(61)34(6)52(54(51)62)40-15-31(3)50(32(4)16-40)42-18-36(20-44(22-42)56(10,11)12)38-25-47(59)28-48(60)26-38/h13-28,62H,1-12H3. The van der Waals surface area contributed by atoms with E-state index in [1.165, 1.54) is 33.4 Å². The lowest BCUT2D eigenvalue weighted by Gasteiger charge is -2.24. The monoisotopic (exact) mass is 1090 g/mol. The smallest absolute Gasteiger partial charge is 0.131 e. The summed E-state index contributed by atoms with van der Waals surface area (Å²) < 4.78 is 4.11. The number of hydrogen-bond donors (Lipinski definition) is 1. The predicted molar refractivity (Wildman–Crippen MR) is 282 cm³/mol. The summed E-state index contributed by atoms with van der Waals surface area (Å²) in [5.74, 6) is 0.247. The highest BCUT2D eigenvalue weighted by molar-refractivity contribution is 9.11. The lowest BCUT2D eigenvalue weighted by Crippen LogP contribution is -2.11. The highest BCUT2D eigenvalue weighted by Gasteiger charge is 2.25. The van der Waals surface area contributed by atoms with Gasteiger partial charge in [-0.1, -0.05) is 165 Å². The first-order valence-corrected chi connectivity index (χ1v) is 24.5. The van der Waals surface area contributed by atoms with Gasteiger partial charge in [0.25, 0.3) is 0 Å². The number of rotatable bonds is 6. The Morgan fingerprint density at radius 3 is 0.903 bits per heavy atom. The number of phenolic OH excluding ortho intramolecular Hbond substituents is 1. The van der Waals surface area contributed by atoms with Crippen LogP contribution in [0, 0.1) is 41.5 Å². The molecule has 0 fully saturated rings. The van der Waals surface area contributed by atoms with E-state index >= 15 is 0 Å². The summed E-state index contributed by atoms with van der Waals surface area (Å²) in [7, 11) is 0. The zero-order chi connectivity index (χ0) is 45.3. The molecule has 0 aliphatic heterocycles. The molecule has 7 aromatic rings. The van der Waals surface area contributed by atoms with Gasteiger partial charge in [-0.3, -0.25) is 0 Å². The molecule has 0 saturated heterocycles. The number of benzene rings is 7. The van der Waals surface area contributed by atoms with Crippen molar-refractivity contribution in [2.24, 2.45) is 0 Å².